The van der Waals surface area contributed by atoms with Gasteiger partial charge in [0.1, 0.15) is 0 Å². The number of benzene rings is 2. The van der Waals surface area contributed by atoms with Crippen LogP contribution >= 0.6 is 0 Å². The van der Waals surface area contributed by atoms with Crippen LogP contribution in [0.5, 0.6) is 0 Å². The molecule has 7 nitrogen and oxygen atoms in total. The van der Waals surface area contributed by atoms with Crippen molar-refractivity contribution < 1.29 is 9.59 Å². The molecule has 0 unspecified atom stereocenters. The number of amides is 2. The average Bonchev–Trinajstić information content (AvgIpc) is 2.75. The topological polar surface area (TPSA) is 95.2 Å². The fourth-order valence-corrected chi connectivity index (χ4v) is 3.19. The molecule has 1 heterocycles. The lowest BCUT2D eigenvalue weighted by molar-refractivity contribution is -0.135. The van der Waals surface area contributed by atoms with Crippen molar-refractivity contribution in [2.24, 2.45) is 5.92 Å². The molecule has 0 radical (unpaired) electrons. The highest BCUT2D eigenvalue weighted by atomic mass is 16.2. The van der Waals surface area contributed by atoms with Crippen LogP contribution < -0.4 is 10.9 Å². The quantitative estimate of drug-likeness (QED) is 0.562. The zero-order valence-corrected chi connectivity index (χ0v) is 17.2. The predicted octanol–water partition coefficient (Wildman–Crippen LogP) is 2.73. The van der Waals surface area contributed by atoms with Crippen LogP contribution in [0.3, 0.4) is 0 Å². The van der Waals surface area contributed by atoms with Crippen LogP contribution in [0.15, 0.2) is 59.4 Å². The highest BCUT2D eigenvalue weighted by molar-refractivity contribution is 5.92. The Labute approximate surface area is 175 Å². The molecule has 2 aromatic carbocycles. The van der Waals surface area contributed by atoms with E-state index in [-0.39, 0.29) is 23.2 Å². The van der Waals surface area contributed by atoms with Gasteiger partial charge in [-0.05, 0) is 24.1 Å². The minimum atomic E-state index is -0.442. The fraction of sp³-hybridized carbons (Fsp3) is 0.304. The van der Waals surface area contributed by atoms with E-state index in [0.717, 1.165) is 5.56 Å². The molecule has 0 saturated carbocycles. The van der Waals surface area contributed by atoms with Crippen molar-refractivity contribution in [1.29, 1.82) is 0 Å². The SMILES string of the molecule is CC(C)C(=O)N(CCCNC(=O)c1nc2ccccc2c(=O)[nH]1)Cc1ccccc1. The van der Waals surface area contributed by atoms with E-state index in [1.54, 1.807) is 24.3 Å². The van der Waals surface area contributed by atoms with Gasteiger partial charge in [0.05, 0.1) is 10.9 Å². The van der Waals surface area contributed by atoms with Crippen molar-refractivity contribution in [3.8, 4) is 0 Å². The van der Waals surface area contributed by atoms with Crippen LogP contribution in [0.2, 0.25) is 0 Å². The third-order valence-corrected chi connectivity index (χ3v) is 4.74. The van der Waals surface area contributed by atoms with Crippen molar-refractivity contribution in [2.45, 2.75) is 26.8 Å². The summed E-state index contributed by atoms with van der Waals surface area (Å²) in [6.07, 6.45) is 0.592. The van der Waals surface area contributed by atoms with E-state index in [1.807, 2.05) is 49.1 Å². The lowest BCUT2D eigenvalue weighted by Gasteiger charge is -2.25. The number of nitrogens with one attached hydrogen (secondary N) is 2. The molecule has 7 heteroatoms. The average molecular weight is 406 g/mol. The van der Waals surface area contributed by atoms with Crippen molar-refractivity contribution in [2.75, 3.05) is 13.1 Å². The Balaban J connectivity index is 1.58. The first-order valence-electron chi connectivity index (χ1n) is 10.1. The largest absolute Gasteiger partial charge is 0.349 e. The highest BCUT2D eigenvalue weighted by Gasteiger charge is 2.17. The predicted molar refractivity (Wildman–Crippen MR) is 116 cm³/mol. The zero-order valence-electron chi connectivity index (χ0n) is 17.2. The third kappa shape index (κ3) is 5.31. The summed E-state index contributed by atoms with van der Waals surface area (Å²) in [4.78, 5) is 45.6. The van der Waals surface area contributed by atoms with Crippen LogP contribution in [0.25, 0.3) is 10.9 Å². The van der Waals surface area contributed by atoms with Gasteiger partial charge in [-0.25, -0.2) is 4.98 Å². The van der Waals surface area contributed by atoms with E-state index >= 15 is 0 Å². The molecule has 0 bridgehead atoms. The maximum Gasteiger partial charge on any atom is 0.287 e. The number of aromatic nitrogens is 2. The van der Waals surface area contributed by atoms with Gasteiger partial charge >= 0.3 is 0 Å². The normalized spacial score (nSPS) is 10.9. The number of hydrogen-bond acceptors (Lipinski definition) is 4. The van der Waals surface area contributed by atoms with Crippen molar-refractivity contribution >= 4 is 22.7 Å². The molecular weight excluding hydrogens is 380 g/mol. The summed E-state index contributed by atoms with van der Waals surface area (Å²) < 4.78 is 0. The molecule has 0 atom stereocenters. The number of nitrogens with zero attached hydrogens (tertiary/aromatic N) is 2. The van der Waals surface area contributed by atoms with Gasteiger partial charge in [-0.1, -0.05) is 56.3 Å². The first-order valence-corrected chi connectivity index (χ1v) is 10.1. The van der Waals surface area contributed by atoms with Crippen LogP contribution in [-0.2, 0) is 11.3 Å². The molecule has 2 amide bonds. The Morgan fingerprint density at radius 2 is 1.77 bits per heavy atom. The maximum atomic E-state index is 12.5. The summed E-state index contributed by atoms with van der Waals surface area (Å²) >= 11 is 0. The van der Waals surface area contributed by atoms with Crippen molar-refractivity contribution in [3.63, 3.8) is 0 Å². The molecule has 30 heavy (non-hydrogen) atoms. The summed E-state index contributed by atoms with van der Waals surface area (Å²) in [5, 5.41) is 3.21. The molecule has 3 rings (SSSR count). The zero-order chi connectivity index (χ0) is 21.5. The van der Waals surface area contributed by atoms with E-state index in [1.165, 1.54) is 0 Å². The van der Waals surface area contributed by atoms with Gasteiger partial charge in [0.25, 0.3) is 11.5 Å². The fourth-order valence-electron chi connectivity index (χ4n) is 3.19. The van der Waals surface area contributed by atoms with Gasteiger partial charge in [0, 0.05) is 25.6 Å². The summed E-state index contributed by atoms with van der Waals surface area (Å²) in [6, 6.07) is 16.7. The van der Waals surface area contributed by atoms with Crippen molar-refractivity contribution in [1.82, 2.24) is 20.2 Å². The minimum absolute atomic E-state index is 0.0156. The molecule has 0 saturated heterocycles. The van der Waals surface area contributed by atoms with Gasteiger partial charge in [-0.2, -0.15) is 0 Å². The molecule has 3 aromatic rings. The summed E-state index contributed by atoms with van der Waals surface area (Å²) in [7, 11) is 0. The highest BCUT2D eigenvalue weighted by Crippen LogP contribution is 2.10. The lowest BCUT2D eigenvalue weighted by Crippen LogP contribution is -2.36. The number of fused-ring (bicyclic) bond motifs is 1. The Morgan fingerprint density at radius 3 is 2.50 bits per heavy atom. The third-order valence-electron chi connectivity index (χ3n) is 4.74. The molecule has 156 valence electrons. The monoisotopic (exact) mass is 406 g/mol. The van der Waals surface area contributed by atoms with Crippen LogP contribution in [0.1, 0.15) is 36.5 Å². The molecule has 0 spiro atoms. The second-order valence-corrected chi connectivity index (χ2v) is 7.44. The first kappa shape index (κ1) is 21.2. The Kier molecular flexibility index (Phi) is 6.95. The summed E-state index contributed by atoms with van der Waals surface area (Å²) in [6.45, 7) is 5.18. The Hall–Kier alpha value is -3.48. The first-order chi connectivity index (χ1) is 14.5. The minimum Gasteiger partial charge on any atom is -0.349 e. The second kappa shape index (κ2) is 9.82. The van der Waals surface area contributed by atoms with E-state index in [4.69, 9.17) is 0 Å². The van der Waals surface area contributed by atoms with Gasteiger partial charge in [-0.3, -0.25) is 14.4 Å². The number of para-hydroxylation sites is 1. The lowest BCUT2D eigenvalue weighted by atomic mass is 10.1. The molecule has 0 aliphatic heterocycles. The van der Waals surface area contributed by atoms with E-state index in [9.17, 15) is 14.4 Å². The summed E-state index contributed by atoms with van der Waals surface area (Å²) in [5.41, 5.74) is 1.19. The Bertz CT molecular complexity index is 1080. The molecule has 2 N–H and O–H groups in total. The number of carbonyl (C=O) groups is 2. The molecule has 1 aromatic heterocycles. The molecule has 0 aliphatic rings. The number of H-pyrrole nitrogens is 1. The summed E-state index contributed by atoms with van der Waals surface area (Å²) in [5.74, 6) is -0.485. The van der Waals surface area contributed by atoms with Gasteiger partial charge in [0.15, 0.2) is 5.82 Å². The number of aromatic amines is 1. The van der Waals surface area contributed by atoms with Gasteiger partial charge < -0.3 is 15.2 Å². The maximum absolute atomic E-state index is 12.5. The molecule has 0 aliphatic carbocycles. The number of rotatable bonds is 8. The molecular formula is C23H26N4O3. The van der Waals surface area contributed by atoms with E-state index in [2.05, 4.69) is 15.3 Å². The van der Waals surface area contributed by atoms with Crippen LogP contribution in [0.4, 0.5) is 0 Å². The van der Waals surface area contributed by atoms with Gasteiger partial charge in [0.2, 0.25) is 5.91 Å². The van der Waals surface area contributed by atoms with Crippen LogP contribution in [0, 0.1) is 5.92 Å². The standard InChI is InChI=1S/C23H26N4O3/c1-16(2)23(30)27(15-17-9-4-3-5-10-17)14-8-13-24-22(29)20-25-19-12-7-6-11-18(19)21(28)26-20/h3-7,9-12,16H,8,13-15H2,1-2H3,(H,24,29)(H,25,26,28). The smallest absolute Gasteiger partial charge is 0.287 e. The van der Waals surface area contributed by atoms with E-state index in [0.29, 0.717) is 37.0 Å². The van der Waals surface area contributed by atoms with Crippen molar-refractivity contribution in [3.05, 3.63) is 76.3 Å². The van der Waals surface area contributed by atoms with Gasteiger partial charge in [-0.15, -0.1) is 0 Å². The number of carbonyl (C=O) groups excluding carboxylic acids is 2. The molecule has 0 fully saturated rings. The Morgan fingerprint density at radius 1 is 1.07 bits per heavy atom. The second-order valence-electron chi connectivity index (χ2n) is 7.44. The van der Waals surface area contributed by atoms with Crippen LogP contribution in [-0.4, -0.2) is 39.8 Å². The number of hydrogen-bond donors (Lipinski definition) is 2. The van der Waals surface area contributed by atoms with E-state index < -0.39 is 5.91 Å².